The minimum absolute atomic E-state index is 0.542. The van der Waals surface area contributed by atoms with Gasteiger partial charge in [-0.1, -0.05) is 6.07 Å². The molecule has 0 aromatic rings. The van der Waals surface area contributed by atoms with Crippen molar-refractivity contribution in [2.75, 3.05) is 5.32 Å². The molecule has 0 heterocycles. The van der Waals surface area contributed by atoms with E-state index in [1.54, 1.807) is 0 Å². The monoisotopic (exact) mass is 133 g/mol. The van der Waals surface area contributed by atoms with E-state index in [2.05, 4.69) is 37.4 Å². The predicted molar refractivity (Wildman–Crippen MR) is 44.2 cm³/mol. The van der Waals surface area contributed by atoms with Gasteiger partial charge in [0, 0.05) is 17.3 Å². The quantitative estimate of drug-likeness (QED) is 0.663. The van der Waals surface area contributed by atoms with E-state index < -0.39 is 0 Å². The van der Waals surface area contributed by atoms with Gasteiger partial charge in [-0.05, 0) is 31.5 Å². The van der Waals surface area contributed by atoms with Gasteiger partial charge in [0.1, 0.15) is 0 Å². The Labute approximate surface area is 61.1 Å². The maximum absolute atomic E-state index is 3.37. The minimum atomic E-state index is 0.542. The van der Waals surface area contributed by atoms with Crippen molar-refractivity contribution < 1.29 is 0 Å². The Morgan fingerprint density at radius 2 is 2.10 bits per heavy atom. The third-order valence-corrected chi connectivity index (χ3v) is 1.69. The second-order valence-electron chi connectivity index (χ2n) is 3.06. The van der Waals surface area contributed by atoms with Crippen LogP contribution in [-0.2, 0) is 0 Å². The van der Waals surface area contributed by atoms with E-state index in [0.29, 0.717) is 6.04 Å². The number of nitrogens with one attached hydrogen (secondary N) is 1. The molecule has 0 saturated carbocycles. The summed E-state index contributed by atoms with van der Waals surface area (Å²) in [6.07, 6.45) is 0. The molecular weight excluding hydrogens is 122 g/mol. The van der Waals surface area contributed by atoms with Gasteiger partial charge in [-0.25, -0.2) is 0 Å². The molecule has 0 saturated heterocycles. The van der Waals surface area contributed by atoms with Crippen LogP contribution in [0.25, 0.3) is 11.1 Å². The van der Waals surface area contributed by atoms with Crippen molar-refractivity contribution in [2.45, 2.75) is 19.9 Å². The van der Waals surface area contributed by atoms with Crippen LogP contribution in [0.5, 0.6) is 0 Å². The van der Waals surface area contributed by atoms with E-state index >= 15 is 0 Å². The van der Waals surface area contributed by atoms with E-state index in [9.17, 15) is 0 Å². The smallest absolute Gasteiger partial charge is 0.0422 e. The summed E-state index contributed by atoms with van der Waals surface area (Å²) >= 11 is 0. The van der Waals surface area contributed by atoms with Crippen molar-refractivity contribution in [1.82, 2.24) is 0 Å². The van der Waals surface area contributed by atoms with Gasteiger partial charge >= 0.3 is 0 Å². The molecule has 52 valence electrons. The van der Waals surface area contributed by atoms with Crippen molar-refractivity contribution in [3.63, 3.8) is 0 Å². The van der Waals surface area contributed by atoms with Crippen molar-refractivity contribution in [1.29, 1.82) is 0 Å². The first-order chi connectivity index (χ1) is 4.77. The van der Waals surface area contributed by atoms with Crippen LogP contribution in [0, 0.1) is 0 Å². The summed E-state index contributed by atoms with van der Waals surface area (Å²) in [4.78, 5) is 0. The number of hydrogen-bond donors (Lipinski definition) is 1. The van der Waals surface area contributed by atoms with Gasteiger partial charge < -0.3 is 5.32 Å². The molecule has 0 bridgehead atoms. The van der Waals surface area contributed by atoms with Crippen LogP contribution in [0.4, 0.5) is 5.69 Å². The van der Waals surface area contributed by atoms with Crippen LogP contribution in [0.15, 0.2) is 18.2 Å². The number of rotatable bonds is 2. The average molecular weight is 133 g/mol. The highest BCUT2D eigenvalue weighted by Crippen LogP contribution is 2.41. The summed E-state index contributed by atoms with van der Waals surface area (Å²) in [5, 5.41) is 3.37. The summed E-state index contributed by atoms with van der Waals surface area (Å²) in [6.45, 7) is 4.31. The second-order valence-corrected chi connectivity index (χ2v) is 3.06. The standard InChI is InChI=1S/C9H11N/c1-6(2)10-9-4-3-7-5-8(7)9/h3-6,10H,1-2H3. The fourth-order valence-corrected chi connectivity index (χ4v) is 1.19. The Balaban J connectivity index is 2.14. The molecule has 10 heavy (non-hydrogen) atoms. The Kier molecular flexibility index (Phi) is 1.01. The lowest BCUT2D eigenvalue weighted by atomic mass is 10.3. The lowest BCUT2D eigenvalue weighted by Gasteiger charge is -2.06. The van der Waals surface area contributed by atoms with E-state index in [-0.39, 0.29) is 0 Å². The van der Waals surface area contributed by atoms with E-state index in [1.807, 2.05) is 0 Å². The molecule has 0 fully saturated rings. The SMILES string of the molecule is CC(C)Nc1ccc2cc1-2. The molecule has 0 spiro atoms. The Morgan fingerprint density at radius 1 is 1.30 bits per heavy atom. The van der Waals surface area contributed by atoms with Gasteiger partial charge in [0.2, 0.25) is 0 Å². The van der Waals surface area contributed by atoms with Gasteiger partial charge in [0.05, 0.1) is 0 Å². The highest BCUT2D eigenvalue weighted by atomic mass is 14.9. The molecule has 0 aliphatic heterocycles. The van der Waals surface area contributed by atoms with Crippen molar-refractivity contribution in [3.8, 4) is 11.1 Å². The third-order valence-electron chi connectivity index (χ3n) is 1.69. The molecule has 2 aliphatic rings. The summed E-state index contributed by atoms with van der Waals surface area (Å²) in [5.41, 5.74) is 4.11. The summed E-state index contributed by atoms with van der Waals surface area (Å²) in [6, 6.07) is 7.04. The molecule has 0 aromatic heterocycles. The normalized spacial score (nSPS) is 11.9. The molecule has 0 unspecified atom stereocenters. The van der Waals surface area contributed by atoms with Gasteiger partial charge in [-0.3, -0.25) is 0 Å². The van der Waals surface area contributed by atoms with Crippen LogP contribution < -0.4 is 5.32 Å². The van der Waals surface area contributed by atoms with Crippen LogP contribution in [0.3, 0.4) is 0 Å². The molecule has 2 rings (SSSR count). The average Bonchev–Trinajstić information content (AvgIpc) is 2.52. The summed E-state index contributed by atoms with van der Waals surface area (Å²) < 4.78 is 0. The van der Waals surface area contributed by atoms with Gasteiger partial charge in [-0.2, -0.15) is 0 Å². The fourth-order valence-electron chi connectivity index (χ4n) is 1.19. The van der Waals surface area contributed by atoms with Gasteiger partial charge in [0.25, 0.3) is 0 Å². The summed E-state index contributed by atoms with van der Waals surface area (Å²) in [5.74, 6) is 0. The van der Waals surface area contributed by atoms with Crippen LogP contribution >= 0.6 is 0 Å². The Bertz CT molecular complexity index is 263. The van der Waals surface area contributed by atoms with Crippen LogP contribution in [0.1, 0.15) is 13.8 Å². The molecule has 0 radical (unpaired) electrons. The molecule has 0 aromatic carbocycles. The minimum Gasteiger partial charge on any atom is -0.382 e. The van der Waals surface area contributed by atoms with Crippen molar-refractivity contribution in [2.24, 2.45) is 0 Å². The molecule has 1 N–H and O–H groups in total. The van der Waals surface area contributed by atoms with Gasteiger partial charge in [-0.15, -0.1) is 0 Å². The summed E-state index contributed by atoms with van der Waals surface area (Å²) in [7, 11) is 0. The topological polar surface area (TPSA) is 12.0 Å². The van der Waals surface area contributed by atoms with Crippen molar-refractivity contribution >= 4 is 5.69 Å². The molecule has 1 nitrogen and oxygen atoms in total. The zero-order chi connectivity index (χ0) is 7.14. The Hall–Kier alpha value is -0.980. The number of benzene rings is 1. The molecule has 1 heteroatoms. The van der Waals surface area contributed by atoms with Crippen molar-refractivity contribution in [3.05, 3.63) is 18.2 Å². The first kappa shape index (κ1) is 5.78. The molecule has 0 amide bonds. The highest BCUT2D eigenvalue weighted by molar-refractivity contribution is 5.93. The maximum atomic E-state index is 3.37. The zero-order valence-electron chi connectivity index (χ0n) is 6.31. The largest absolute Gasteiger partial charge is 0.382 e. The molecule has 2 aliphatic carbocycles. The molecule has 0 atom stereocenters. The lowest BCUT2D eigenvalue weighted by Crippen LogP contribution is -2.08. The third kappa shape index (κ3) is 0.783. The van der Waals surface area contributed by atoms with E-state index in [1.165, 1.54) is 16.8 Å². The number of fused-ring (bicyclic) bond motifs is 1. The number of anilines is 1. The molecular formula is C9H11N. The number of hydrogen-bond acceptors (Lipinski definition) is 1. The second kappa shape index (κ2) is 1.75. The van der Waals surface area contributed by atoms with E-state index in [4.69, 9.17) is 0 Å². The first-order valence-corrected chi connectivity index (χ1v) is 3.68. The van der Waals surface area contributed by atoms with Crippen LogP contribution in [0.2, 0.25) is 0 Å². The predicted octanol–water partition coefficient (Wildman–Crippen LogP) is 2.49. The van der Waals surface area contributed by atoms with Gasteiger partial charge in [0.15, 0.2) is 0 Å². The highest BCUT2D eigenvalue weighted by Gasteiger charge is 2.16. The van der Waals surface area contributed by atoms with E-state index in [0.717, 1.165) is 0 Å². The zero-order valence-corrected chi connectivity index (χ0v) is 6.31. The first-order valence-electron chi connectivity index (χ1n) is 3.68. The maximum Gasteiger partial charge on any atom is 0.0422 e. The van der Waals surface area contributed by atoms with Crippen LogP contribution in [-0.4, -0.2) is 6.04 Å². The fraction of sp³-hybridized carbons (Fsp3) is 0.333. The lowest BCUT2D eigenvalue weighted by molar-refractivity contribution is 0.901. The Morgan fingerprint density at radius 3 is 2.50 bits per heavy atom.